The van der Waals surface area contributed by atoms with Crippen LogP contribution in [0.1, 0.15) is 31.7 Å². The summed E-state index contributed by atoms with van der Waals surface area (Å²) in [6.45, 7) is 4.46. The number of anilines is 1. The maximum Gasteiger partial charge on any atom is 0.167 e. The lowest BCUT2D eigenvalue weighted by molar-refractivity contribution is 0.0672. The Morgan fingerprint density at radius 1 is 1.28 bits per heavy atom. The Hall–Kier alpha value is -2.71. The first-order valence-corrected chi connectivity index (χ1v) is 10.4. The number of aromatic nitrogens is 5. The molecule has 3 aliphatic rings. The number of aromatic amines is 1. The van der Waals surface area contributed by atoms with E-state index in [2.05, 4.69) is 39.3 Å². The molecule has 0 radical (unpaired) electrons. The van der Waals surface area contributed by atoms with Crippen LogP contribution in [0.2, 0.25) is 0 Å². The highest BCUT2D eigenvalue weighted by atomic mass is 16.5. The van der Waals surface area contributed by atoms with Crippen LogP contribution in [0, 0.1) is 0 Å². The van der Waals surface area contributed by atoms with Crippen LogP contribution in [-0.2, 0) is 9.47 Å². The van der Waals surface area contributed by atoms with Crippen molar-refractivity contribution in [2.24, 2.45) is 0 Å². The number of morpholine rings is 1. The maximum atomic E-state index is 6.04. The molecule has 3 atom stereocenters. The molecule has 3 aliphatic heterocycles. The van der Waals surface area contributed by atoms with Gasteiger partial charge >= 0.3 is 0 Å². The number of nitrogens with one attached hydrogen (secondary N) is 1. The fourth-order valence-corrected chi connectivity index (χ4v) is 4.75. The number of nitrogens with zero attached hydrogens (tertiary/aromatic N) is 5. The van der Waals surface area contributed by atoms with Crippen LogP contribution in [0.15, 0.2) is 30.6 Å². The van der Waals surface area contributed by atoms with Crippen molar-refractivity contribution in [2.45, 2.75) is 44.4 Å². The van der Waals surface area contributed by atoms with Crippen LogP contribution in [-0.4, -0.2) is 63.0 Å². The van der Waals surface area contributed by atoms with E-state index in [9.17, 15) is 0 Å². The minimum Gasteiger partial charge on any atom is -0.377 e. The molecule has 0 aliphatic carbocycles. The van der Waals surface area contributed by atoms with Crippen molar-refractivity contribution in [3.8, 4) is 5.82 Å². The summed E-state index contributed by atoms with van der Waals surface area (Å²) in [5, 5.41) is 12.8. The number of pyridine rings is 1. The molecule has 0 saturated carbocycles. The summed E-state index contributed by atoms with van der Waals surface area (Å²) >= 11 is 0. The van der Waals surface area contributed by atoms with Crippen LogP contribution >= 0.6 is 0 Å². The van der Waals surface area contributed by atoms with Crippen LogP contribution < -0.4 is 4.90 Å². The van der Waals surface area contributed by atoms with Gasteiger partial charge in [0, 0.05) is 18.0 Å². The van der Waals surface area contributed by atoms with Gasteiger partial charge in [0.05, 0.1) is 43.9 Å². The monoisotopic (exact) mass is 392 g/mol. The van der Waals surface area contributed by atoms with Gasteiger partial charge in [0.1, 0.15) is 5.82 Å². The molecular formula is C21H24N6O2. The van der Waals surface area contributed by atoms with E-state index >= 15 is 0 Å². The number of ether oxygens (including phenoxy) is 2. The first kappa shape index (κ1) is 17.2. The second-order valence-corrected chi connectivity index (χ2v) is 8.15. The lowest BCUT2D eigenvalue weighted by atomic mass is 9.96. The molecule has 29 heavy (non-hydrogen) atoms. The predicted molar refractivity (Wildman–Crippen MR) is 109 cm³/mol. The summed E-state index contributed by atoms with van der Waals surface area (Å²) < 4.78 is 13.5. The van der Waals surface area contributed by atoms with E-state index in [1.807, 2.05) is 16.9 Å². The first-order chi connectivity index (χ1) is 14.3. The average molecular weight is 392 g/mol. The van der Waals surface area contributed by atoms with Gasteiger partial charge in [0.25, 0.3) is 0 Å². The van der Waals surface area contributed by atoms with Gasteiger partial charge < -0.3 is 14.4 Å². The van der Waals surface area contributed by atoms with Crippen LogP contribution in [0.3, 0.4) is 0 Å². The Bertz CT molecular complexity index is 1070. The largest absolute Gasteiger partial charge is 0.377 e. The second kappa shape index (κ2) is 6.67. The zero-order valence-corrected chi connectivity index (χ0v) is 16.4. The zero-order valence-electron chi connectivity index (χ0n) is 16.4. The van der Waals surface area contributed by atoms with E-state index in [0.717, 1.165) is 61.7 Å². The number of rotatable bonds is 3. The molecule has 2 saturated heterocycles. The highest BCUT2D eigenvalue weighted by Crippen LogP contribution is 2.39. The Labute approximate surface area is 168 Å². The minimum absolute atomic E-state index is 0.236. The van der Waals surface area contributed by atoms with E-state index in [1.165, 1.54) is 11.1 Å². The molecule has 0 aromatic carbocycles. The fraction of sp³-hybridized carbons (Fsp3) is 0.476. The van der Waals surface area contributed by atoms with E-state index in [0.29, 0.717) is 6.10 Å². The molecule has 3 aromatic heterocycles. The maximum absolute atomic E-state index is 6.04. The molecule has 2 fully saturated rings. The smallest absolute Gasteiger partial charge is 0.167 e. The average Bonchev–Trinajstić information content (AvgIpc) is 3.47. The van der Waals surface area contributed by atoms with Gasteiger partial charge in [-0.1, -0.05) is 6.08 Å². The van der Waals surface area contributed by atoms with Crippen LogP contribution in [0.25, 0.3) is 22.4 Å². The molecule has 1 N–H and O–H groups in total. The van der Waals surface area contributed by atoms with Crippen LogP contribution in [0.4, 0.5) is 5.82 Å². The molecule has 0 unspecified atom stereocenters. The minimum atomic E-state index is 0.236. The van der Waals surface area contributed by atoms with Crippen molar-refractivity contribution < 1.29 is 9.47 Å². The van der Waals surface area contributed by atoms with Gasteiger partial charge in [-0.05, 0) is 43.4 Å². The SMILES string of the molecule is C[C@@H]1COCCN1c1cc(C2=C[C@H]3CC[C@@H](C2)O3)c2cnn(-c3ccn[nH]3)c2n1. The molecule has 8 heteroatoms. The molecule has 0 spiro atoms. The highest BCUT2D eigenvalue weighted by Gasteiger charge is 2.31. The summed E-state index contributed by atoms with van der Waals surface area (Å²) in [5.74, 6) is 1.79. The van der Waals surface area contributed by atoms with Crippen molar-refractivity contribution >= 4 is 22.4 Å². The summed E-state index contributed by atoms with van der Waals surface area (Å²) in [5.41, 5.74) is 3.41. The number of hydrogen-bond acceptors (Lipinski definition) is 6. The molecule has 0 amide bonds. The molecule has 3 aromatic rings. The third kappa shape index (κ3) is 2.86. The third-order valence-corrected chi connectivity index (χ3v) is 6.23. The Morgan fingerprint density at radius 3 is 3.07 bits per heavy atom. The topological polar surface area (TPSA) is 81.1 Å². The molecule has 150 valence electrons. The quantitative estimate of drug-likeness (QED) is 0.738. The number of hydrogen-bond donors (Lipinski definition) is 1. The van der Waals surface area contributed by atoms with E-state index < -0.39 is 0 Å². The summed E-state index contributed by atoms with van der Waals surface area (Å²) in [4.78, 5) is 7.38. The molecule has 6 heterocycles. The molecular weight excluding hydrogens is 368 g/mol. The Kier molecular flexibility index (Phi) is 3.95. The van der Waals surface area contributed by atoms with Crippen molar-refractivity contribution in [3.63, 3.8) is 0 Å². The van der Waals surface area contributed by atoms with Crippen molar-refractivity contribution in [3.05, 3.63) is 36.2 Å². The zero-order chi connectivity index (χ0) is 19.4. The van der Waals surface area contributed by atoms with Gasteiger partial charge in [-0.15, -0.1) is 0 Å². The summed E-state index contributed by atoms with van der Waals surface area (Å²) in [7, 11) is 0. The summed E-state index contributed by atoms with van der Waals surface area (Å²) in [6, 6.07) is 4.43. The Balaban J connectivity index is 1.54. The number of fused-ring (bicyclic) bond motifs is 3. The lowest BCUT2D eigenvalue weighted by Gasteiger charge is -2.34. The lowest BCUT2D eigenvalue weighted by Crippen LogP contribution is -2.44. The normalized spacial score (nSPS) is 26.9. The first-order valence-electron chi connectivity index (χ1n) is 10.4. The van der Waals surface area contributed by atoms with Gasteiger partial charge in [0.15, 0.2) is 11.5 Å². The Morgan fingerprint density at radius 2 is 2.24 bits per heavy atom. The van der Waals surface area contributed by atoms with Gasteiger partial charge in [-0.25, -0.2) is 4.98 Å². The van der Waals surface area contributed by atoms with E-state index in [-0.39, 0.29) is 12.1 Å². The van der Waals surface area contributed by atoms with Gasteiger partial charge in [0.2, 0.25) is 0 Å². The van der Waals surface area contributed by atoms with Crippen molar-refractivity contribution in [2.75, 3.05) is 24.7 Å². The fourth-order valence-electron chi connectivity index (χ4n) is 4.75. The van der Waals surface area contributed by atoms with Crippen molar-refractivity contribution in [1.29, 1.82) is 0 Å². The van der Waals surface area contributed by atoms with E-state index in [1.54, 1.807) is 6.20 Å². The molecule has 2 bridgehead atoms. The molecule has 6 rings (SSSR count). The molecule has 8 nitrogen and oxygen atoms in total. The number of H-pyrrole nitrogens is 1. The van der Waals surface area contributed by atoms with Crippen molar-refractivity contribution in [1.82, 2.24) is 25.0 Å². The van der Waals surface area contributed by atoms with Crippen LogP contribution in [0.5, 0.6) is 0 Å². The third-order valence-electron chi connectivity index (χ3n) is 6.23. The predicted octanol–water partition coefficient (Wildman–Crippen LogP) is 2.70. The highest BCUT2D eigenvalue weighted by molar-refractivity contribution is 5.92. The van der Waals surface area contributed by atoms with Gasteiger partial charge in [-0.3, -0.25) is 5.10 Å². The second-order valence-electron chi connectivity index (χ2n) is 8.15. The van der Waals surface area contributed by atoms with Gasteiger partial charge in [-0.2, -0.15) is 14.9 Å². The van der Waals surface area contributed by atoms with E-state index in [4.69, 9.17) is 14.5 Å². The summed E-state index contributed by atoms with van der Waals surface area (Å²) in [6.07, 6.45) is 9.72. The standard InChI is InChI=1S/C21H24N6O2/c1-13-12-28-7-6-26(13)20-10-17(14-8-15-2-3-16(9-14)29-15)18-11-23-27(21(18)24-20)19-4-5-22-25-19/h4-5,8,10-11,13,15-16H,2-3,6-7,9,12H2,1H3,(H,22,25)/t13-,15-,16+/m1/s1.